The fourth-order valence-electron chi connectivity index (χ4n) is 1.19. The molecule has 0 fully saturated rings. The normalized spacial score (nSPS) is 10.2. The number of hydrogen-bond acceptors (Lipinski definition) is 5. The van der Waals surface area contributed by atoms with Gasteiger partial charge in [-0.05, 0) is 33.4 Å². The number of thiophene rings is 1. The zero-order valence-corrected chi connectivity index (χ0v) is 11.9. The summed E-state index contributed by atoms with van der Waals surface area (Å²) in [5.74, 6) is 0.524. The van der Waals surface area contributed by atoms with Gasteiger partial charge in [-0.1, -0.05) is 12.2 Å². The molecule has 0 aromatic carbocycles. The molecular formula is C10H9BrN4S2. The molecule has 0 atom stereocenters. The molecule has 4 nitrogen and oxygen atoms in total. The van der Waals surface area contributed by atoms with Crippen LogP contribution in [-0.4, -0.2) is 15.0 Å². The van der Waals surface area contributed by atoms with Gasteiger partial charge in [0.05, 0.1) is 6.54 Å². The summed E-state index contributed by atoms with van der Waals surface area (Å²) < 4.78 is 1.08. The molecule has 0 aliphatic rings. The summed E-state index contributed by atoms with van der Waals surface area (Å²) in [7, 11) is 0. The van der Waals surface area contributed by atoms with Gasteiger partial charge in [0.15, 0.2) is 0 Å². The summed E-state index contributed by atoms with van der Waals surface area (Å²) in [5.41, 5.74) is 6.08. The highest BCUT2D eigenvalue weighted by Crippen LogP contribution is 2.23. The number of nitrogens with one attached hydrogen (secondary N) is 1. The number of halogens is 1. The van der Waals surface area contributed by atoms with Gasteiger partial charge in [0.25, 0.3) is 0 Å². The maximum Gasteiger partial charge on any atom is 0.223 e. The molecule has 2 heterocycles. The van der Waals surface area contributed by atoms with Crippen LogP contribution in [0.4, 0.5) is 5.95 Å². The minimum atomic E-state index is 0.271. The molecule has 0 aliphatic carbocycles. The van der Waals surface area contributed by atoms with E-state index >= 15 is 0 Å². The Balaban J connectivity index is 2.07. The maximum atomic E-state index is 5.51. The van der Waals surface area contributed by atoms with E-state index in [4.69, 9.17) is 18.0 Å². The summed E-state index contributed by atoms with van der Waals surface area (Å²) in [5, 5.41) is 5.15. The van der Waals surface area contributed by atoms with Crippen molar-refractivity contribution in [2.24, 2.45) is 5.73 Å². The number of rotatable bonds is 4. The molecule has 2 aromatic rings. The van der Waals surface area contributed by atoms with E-state index in [0.717, 1.165) is 4.47 Å². The molecule has 2 aromatic heterocycles. The molecule has 0 bridgehead atoms. The smallest absolute Gasteiger partial charge is 0.223 e. The van der Waals surface area contributed by atoms with Gasteiger partial charge in [-0.15, -0.1) is 11.3 Å². The number of hydrogen-bond donors (Lipinski definition) is 2. The maximum absolute atomic E-state index is 5.51. The van der Waals surface area contributed by atoms with Gasteiger partial charge in [0.1, 0.15) is 10.7 Å². The van der Waals surface area contributed by atoms with Gasteiger partial charge < -0.3 is 11.1 Å². The molecular weight excluding hydrogens is 320 g/mol. The number of nitrogens with two attached hydrogens (primary N) is 1. The second kappa shape index (κ2) is 5.52. The van der Waals surface area contributed by atoms with Crippen molar-refractivity contribution >= 4 is 50.4 Å². The number of aromatic nitrogens is 2. The predicted molar refractivity (Wildman–Crippen MR) is 77.3 cm³/mol. The minimum absolute atomic E-state index is 0.271. The quantitative estimate of drug-likeness (QED) is 0.844. The topological polar surface area (TPSA) is 63.8 Å². The van der Waals surface area contributed by atoms with Crippen LogP contribution in [0.25, 0.3) is 0 Å². The van der Waals surface area contributed by atoms with Gasteiger partial charge in [-0.25, -0.2) is 9.97 Å². The van der Waals surface area contributed by atoms with Crippen LogP contribution in [0, 0.1) is 0 Å². The molecule has 0 aliphatic heterocycles. The van der Waals surface area contributed by atoms with Gasteiger partial charge in [-0.3, -0.25) is 0 Å². The van der Waals surface area contributed by atoms with Crippen molar-refractivity contribution < 1.29 is 0 Å². The van der Waals surface area contributed by atoms with E-state index in [1.807, 2.05) is 11.4 Å². The third kappa shape index (κ3) is 3.21. The van der Waals surface area contributed by atoms with Crippen molar-refractivity contribution in [2.75, 3.05) is 5.32 Å². The molecule has 0 amide bonds. The van der Waals surface area contributed by atoms with E-state index in [1.54, 1.807) is 23.6 Å². The number of thiocarbonyl (C=S) groups is 1. The first-order valence-corrected chi connectivity index (χ1v) is 6.83. The third-order valence-corrected chi connectivity index (χ3v) is 4.14. The highest BCUT2D eigenvalue weighted by Gasteiger charge is 2.04. The fraction of sp³-hybridized carbons (Fsp3) is 0.100. The van der Waals surface area contributed by atoms with Crippen LogP contribution >= 0.6 is 39.5 Å². The highest BCUT2D eigenvalue weighted by atomic mass is 79.9. The zero-order chi connectivity index (χ0) is 12.3. The van der Waals surface area contributed by atoms with Crippen LogP contribution in [0.3, 0.4) is 0 Å². The van der Waals surface area contributed by atoms with E-state index in [9.17, 15) is 0 Å². The van der Waals surface area contributed by atoms with Crippen LogP contribution in [0.2, 0.25) is 0 Å². The van der Waals surface area contributed by atoms with Gasteiger partial charge in [-0.2, -0.15) is 0 Å². The van der Waals surface area contributed by atoms with Crippen molar-refractivity contribution in [3.8, 4) is 0 Å². The molecule has 88 valence electrons. The van der Waals surface area contributed by atoms with Gasteiger partial charge in [0, 0.05) is 15.5 Å². The Morgan fingerprint density at radius 2 is 2.35 bits per heavy atom. The van der Waals surface area contributed by atoms with E-state index in [2.05, 4.69) is 31.2 Å². The lowest BCUT2D eigenvalue weighted by molar-refractivity contribution is 1.06. The summed E-state index contributed by atoms with van der Waals surface area (Å²) in [4.78, 5) is 9.77. The Hall–Kier alpha value is -1.05. The van der Waals surface area contributed by atoms with Crippen molar-refractivity contribution in [1.82, 2.24) is 9.97 Å². The van der Waals surface area contributed by atoms with Crippen molar-refractivity contribution in [2.45, 2.75) is 6.54 Å². The number of anilines is 1. The third-order valence-electron chi connectivity index (χ3n) is 2.01. The summed E-state index contributed by atoms with van der Waals surface area (Å²) in [6.45, 7) is 0.666. The molecule has 0 saturated heterocycles. The molecule has 7 heteroatoms. The van der Waals surface area contributed by atoms with Crippen LogP contribution in [0.1, 0.15) is 10.6 Å². The van der Waals surface area contributed by atoms with Crippen LogP contribution < -0.4 is 11.1 Å². The second-order valence-electron chi connectivity index (χ2n) is 3.18. The summed E-state index contributed by atoms with van der Waals surface area (Å²) >= 11 is 9.99. The van der Waals surface area contributed by atoms with Gasteiger partial charge >= 0.3 is 0 Å². The van der Waals surface area contributed by atoms with Crippen LogP contribution in [0.5, 0.6) is 0 Å². The van der Waals surface area contributed by atoms with Crippen molar-refractivity contribution in [1.29, 1.82) is 0 Å². The van der Waals surface area contributed by atoms with Crippen LogP contribution in [0.15, 0.2) is 28.2 Å². The minimum Gasteiger partial charge on any atom is -0.388 e. The van der Waals surface area contributed by atoms with Crippen molar-refractivity contribution in [3.63, 3.8) is 0 Å². The average molecular weight is 329 g/mol. The molecule has 17 heavy (non-hydrogen) atoms. The molecule has 2 rings (SSSR count). The first-order valence-electron chi connectivity index (χ1n) is 4.75. The largest absolute Gasteiger partial charge is 0.388 e. The Bertz CT molecular complexity index is 541. The molecule has 0 unspecified atom stereocenters. The van der Waals surface area contributed by atoms with Crippen LogP contribution in [-0.2, 0) is 6.54 Å². The molecule has 0 saturated carbocycles. The number of nitrogens with zero attached hydrogens (tertiary/aromatic N) is 2. The Morgan fingerprint density at radius 1 is 1.53 bits per heavy atom. The van der Waals surface area contributed by atoms with E-state index in [0.29, 0.717) is 18.2 Å². The average Bonchev–Trinajstić information content (AvgIpc) is 2.72. The first kappa shape index (κ1) is 12.4. The summed E-state index contributed by atoms with van der Waals surface area (Å²) in [6.07, 6.45) is 1.63. The molecule has 0 spiro atoms. The zero-order valence-electron chi connectivity index (χ0n) is 8.68. The van der Waals surface area contributed by atoms with Crippen molar-refractivity contribution in [3.05, 3.63) is 38.8 Å². The van der Waals surface area contributed by atoms with E-state index < -0.39 is 0 Å². The molecule has 0 radical (unpaired) electrons. The lowest BCUT2D eigenvalue weighted by atomic mass is 10.4. The fourth-order valence-corrected chi connectivity index (χ4v) is 2.74. The Morgan fingerprint density at radius 3 is 3.00 bits per heavy atom. The Labute approximate surface area is 116 Å². The predicted octanol–water partition coefficient (Wildman–Crippen LogP) is 2.55. The summed E-state index contributed by atoms with van der Waals surface area (Å²) in [6, 6.07) is 3.70. The lowest BCUT2D eigenvalue weighted by Crippen LogP contribution is -2.13. The second-order valence-corrected chi connectivity index (χ2v) is 5.47. The highest BCUT2D eigenvalue weighted by molar-refractivity contribution is 9.10. The Kier molecular flexibility index (Phi) is 4.03. The molecule has 3 N–H and O–H groups in total. The van der Waals surface area contributed by atoms with Gasteiger partial charge in [0.2, 0.25) is 5.95 Å². The van der Waals surface area contributed by atoms with E-state index in [1.165, 1.54) is 4.88 Å². The first-order chi connectivity index (χ1) is 8.16. The SMILES string of the molecule is NC(=S)c1ccnc(NCc2sccc2Br)n1. The lowest BCUT2D eigenvalue weighted by Gasteiger charge is -2.04. The standard InChI is InChI=1S/C10H9BrN4S2/c11-6-2-4-17-8(6)5-14-10-13-3-1-7(15-10)9(12)16/h1-4H,5H2,(H2,12,16)(H,13,14,15). The monoisotopic (exact) mass is 328 g/mol. The van der Waals surface area contributed by atoms with E-state index in [-0.39, 0.29) is 4.99 Å².